The molecule has 0 aliphatic heterocycles. The van der Waals surface area contributed by atoms with E-state index >= 15 is 0 Å². The number of hydrogen-bond acceptors (Lipinski definition) is 3. The lowest BCUT2D eigenvalue weighted by atomic mass is 10.4. The van der Waals surface area contributed by atoms with Crippen LogP contribution < -0.4 is 0 Å². The first-order valence-electron chi connectivity index (χ1n) is 3.16. The topological polar surface area (TPSA) is 12.9 Å². The lowest BCUT2D eigenvalue weighted by molar-refractivity contribution is 1.16. The molecule has 0 spiro atoms. The average Bonchev–Trinajstić information content (AvgIpc) is 2.13. The number of aryl methyl sites for hydroxylation is 2. The maximum absolute atomic E-state index is 4.40. The second-order valence-electron chi connectivity index (χ2n) is 2.17. The summed E-state index contributed by atoms with van der Waals surface area (Å²) in [6.07, 6.45) is 2.11. The monoisotopic (exact) mass is 173 g/mol. The Kier molecular flexibility index (Phi) is 2.74. The molecule has 56 valence electrons. The number of thiazole rings is 1. The summed E-state index contributed by atoms with van der Waals surface area (Å²) in [5.41, 5.74) is 1.26. The van der Waals surface area contributed by atoms with Gasteiger partial charge in [0.2, 0.25) is 0 Å². The Morgan fingerprint density at radius 2 is 2.20 bits per heavy atom. The molecule has 0 aliphatic rings. The van der Waals surface area contributed by atoms with Gasteiger partial charge in [0.05, 0.1) is 10.7 Å². The molecule has 0 saturated heterocycles. The van der Waals surface area contributed by atoms with Crippen molar-refractivity contribution in [2.24, 2.45) is 0 Å². The third-order valence-corrected chi connectivity index (χ3v) is 2.77. The minimum absolute atomic E-state index is 1.05. The molecular weight excluding hydrogens is 162 g/mol. The lowest BCUT2D eigenvalue weighted by Gasteiger charge is -1.90. The van der Waals surface area contributed by atoms with Gasteiger partial charge in [0.1, 0.15) is 0 Å². The summed E-state index contributed by atoms with van der Waals surface area (Å²) >= 11 is 3.61. The molecule has 0 unspecified atom stereocenters. The summed E-state index contributed by atoms with van der Waals surface area (Å²) in [6, 6.07) is 0. The van der Waals surface area contributed by atoms with E-state index in [0.717, 1.165) is 5.75 Å². The summed E-state index contributed by atoms with van der Waals surface area (Å²) in [5.74, 6) is 1.05. The third kappa shape index (κ3) is 1.73. The van der Waals surface area contributed by atoms with Gasteiger partial charge in [0.25, 0.3) is 0 Å². The van der Waals surface area contributed by atoms with Gasteiger partial charge >= 0.3 is 0 Å². The molecule has 0 saturated carbocycles. The van der Waals surface area contributed by atoms with Crippen molar-refractivity contribution in [3.8, 4) is 0 Å². The van der Waals surface area contributed by atoms with Crippen LogP contribution in [0.1, 0.15) is 15.6 Å². The quantitative estimate of drug-likeness (QED) is 0.682. The first kappa shape index (κ1) is 8.08. The minimum atomic E-state index is 1.05. The van der Waals surface area contributed by atoms with Gasteiger partial charge < -0.3 is 0 Å². The molecule has 0 atom stereocenters. The molecule has 1 heterocycles. The Bertz CT molecular complexity index is 217. The normalized spacial score (nSPS) is 10.3. The zero-order valence-corrected chi connectivity index (χ0v) is 8.10. The van der Waals surface area contributed by atoms with Gasteiger partial charge in [-0.05, 0) is 20.1 Å². The molecule has 0 N–H and O–H groups in total. The largest absolute Gasteiger partial charge is 0.245 e. The van der Waals surface area contributed by atoms with Gasteiger partial charge in [-0.1, -0.05) is 0 Å². The number of aromatic nitrogens is 1. The second-order valence-corrected chi connectivity index (χ2v) is 4.44. The Morgan fingerprint density at radius 3 is 2.60 bits per heavy atom. The molecule has 0 fully saturated rings. The van der Waals surface area contributed by atoms with Crippen LogP contribution in [0, 0.1) is 13.8 Å². The molecule has 10 heavy (non-hydrogen) atoms. The minimum Gasteiger partial charge on any atom is -0.245 e. The van der Waals surface area contributed by atoms with Crippen molar-refractivity contribution in [1.82, 2.24) is 4.98 Å². The Balaban J connectivity index is 2.81. The maximum atomic E-state index is 4.40. The molecule has 0 radical (unpaired) electrons. The predicted molar refractivity (Wildman–Crippen MR) is 48.8 cm³/mol. The van der Waals surface area contributed by atoms with Crippen molar-refractivity contribution >= 4 is 23.1 Å². The highest BCUT2D eigenvalue weighted by Crippen LogP contribution is 2.19. The van der Waals surface area contributed by atoms with Crippen LogP contribution in [0.2, 0.25) is 0 Å². The summed E-state index contributed by atoms with van der Waals surface area (Å²) < 4.78 is 0. The highest BCUT2D eigenvalue weighted by atomic mass is 32.2. The van der Waals surface area contributed by atoms with Gasteiger partial charge in [-0.15, -0.1) is 11.3 Å². The van der Waals surface area contributed by atoms with Gasteiger partial charge in [0, 0.05) is 10.6 Å². The molecule has 1 nitrogen and oxygen atoms in total. The third-order valence-electron chi connectivity index (χ3n) is 1.28. The van der Waals surface area contributed by atoms with Crippen LogP contribution in [0.4, 0.5) is 0 Å². The van der Waals surface area contributed by atoms with Gasteiger partial charge in [-0.25, -0.2) is 4.98 Å². The highest BCUT2D eigenvalue weighted by molar-refractivity contribution is 7.97. The molecular formula is C7H11NS2. The van der Waals surface area contributed by atoms with Crippen LogP contribution in [0.5, 0.6) is 0 Å². The smallest absolute Gasteiger partial charge is 0.0900 e. The second kappa shape index (κ2) is 3.39. The van der Waals surface area contributed by atoms with E-state index in [1.54, 1.807) is 11.3 Å². The van der Waals surface area contributed by atoms with E-state index in [9.17, 15) is 0 Å². The van der Waals surface area contributed by atoms with Crippen LogP contribution in [0.15, 0.2) is 0 Å². The number of thioether (sulfide) groups is 1. The van der Waals surface area contributed by atoms with E-state index in [4.69, 9.17) is 0 Å². The molecule has 3 heteroatoms. The van der Waals surface area contributed by atoms with E-state index in [-0.39, 0.29) is 0 Å². The van der Waals surface area contributed by atoms with Crippen molar-refractivity contribution in [2.75, 3.05) is 6.26 Å². The van der Waals surface area contributed by atoms with Gasteiger partial charge in [0.15, 0.2) is 0 Å². The van der Waals surface area contributed by atoms with Crippen LogP contribution in [0.3, 0.4) is 0 Å². The fraction of sp³-hybridized carbons (Fsp3) is 0.571. The highest BCUT2D eigenvalue weighted by Gasteiger charge is 2.01. The van der Waals surface area contributed by atoms with E-state index in [0.29, 0.717) is 0 Å². The van der Waals surface area contributed by atoms with Crippen LogP contribution in [-0.2, 0) is 5.75 Å². The van der Waals surface area contributed by atoms with Crippen molar-refractivity contribution in [3.05, 3.63) is 15.6 Å². The molecule has 0 amide bonds. The van der Waals surface area contributed by atoms with Gasteiger partial charge in [-0.3, -0.25) is 0 Å². The average molecular weight is 173 g/mol. The first-order chi connectivity index (χ1) is 4.74. The number of nitrogens with zero attached hydrogens (tertiary/aromatic N) is 1. The van der Waals surface area contributed by atoms with Crippen LogP contribution >= 0.6 is 23.1 Å². The summed E-state index contributed by atoms with van der Waals surface area (Å²) in [4.78, 5) is 5.77. The number of rotatable bonds is 2. The van der Waals surface area contributed by atoms with Gasteiger partial charge in [-0.2, -0.15) is 11.8 Å². The van der Waals surface area contributed by atoms with E-state index in [2.05, 4.69) is 25.1 Å². The van der Waals surface area contributed by atoms with E-state index in [1.807, 2.05) is 11.8 Å². The summed E-state index contributed by atoms with van der Waals surface area (Å²) in [5, 5.41) is 1.18. The van der Waals surface area contributed by atoms with E-state index in [1.165, 1.54) is 15.6 Å². The standard InChI is InChI=1S/C7H11NS2/c1-5-7(4-9-3)8-6(2)10-5/h4H2,1-3H3. The Labute approximate surface area is 69.9 Å². The predicted octanol–water partition coefficient (Wildman–Crippen LogP) is 2.62. The van der Waals surface area contributed by atoms with Crippen molar-refractivity contribution < 1.29 is 0 Å². The Hall–Kier alpha value is -0.0200. The van der Waals surface area contributed by atoms with Crippen molar-refractivity contribution in [1.29, 1.82) is 0 Å². The SMILES string of the molecule is CSCc1nc(C)sc1C. The number of hydrogen-bond donors (Lipinski definition) is 0. The molecule has 0 aromatic carbocycles. The molecule has 1 aromatic heterocycles. The fourth-order valence-electron chi connectivity index (χ4n) is 0.843. The molecule has 1 aromatic rings. The zero-order chi connectivity index (χ0) is 7.56. The van der Waals surface area contributed by atoms with Crippen LogP contribution in [0.25, 0.3) is 0 Å². The van der Waals surface area contributed by atoms with Crippen molar-refractivity contribution in [3.63, 3.8) is 0 Å². The molecule has 0 bridgehead atoms. The Morgan fingerprint density at radius 1 is 1.50 bits per heavy atom. The van der Waals surface area contributed by atoms with E-state index < -0.39 is 0 Å². The van der Waals surface area contributed by atoms with Crippen LogP contribution in [-0.4, -0.2) is 11.2 Å². The molecule has 0 aliphatic carbocycles. The first-order valence-corrected chi connectivity index (χ1v) is 5.37. The zero-order valence-electron chi connectivity index (χ0n) is 6.47. The summed E-state index contributed by atoms with van der Waals surface area (Å²) in [6.45, 7) is 4.19. The summed E-state index contributed by atoms with van der Waals surface area (Å²) in [7, 11) is 0. The molecule has 1 rings (SSSR count). The fourth-order valence-corrected chi connectivity index (χ4v) is 2.32. The maximum Gasteiger partial charge on any atom is 0.0900 e. The van der Waals surface area contributed by atoms with Crippen molar-refractivity contribution in [2.45, 2.75) is 19.6 Å². The lowest BCUT2D eigenvalue weighted by Crippen LogP contribution is -1.81.